The molecular formula is C52H82N2S. The van der Waals surface area contributed by atoms with Crippen LogP contribution in [0.1, 0.15) is 219 Å². The van der Waals surface area contributed by atoms with Crippen molar-refractivity contribution in [3.63, 3.8) is 0 Å². The van der Waals surface area contributed by atoms with Gasteiger partial charge < -0.3 is 9.13 Å². The van der Waals surface area contributed by atoms with Crippen molar-refractivity contribution in [2.24, 2.45) is 0 Å². The summed E-state index contributed by atoms with van der Waals surface area (Å²) in [5.41, 5.74) is 6.12. The van der Waals surface area contributed by atoms with Gasteiger partial charge in [0.1, 0.15) is 0 Å². The van der Waals surface area contributed by atoms with Crippen LogP contribution in [0.25, 0.3) is 42.0 Å². The molecule has 0 spiro atoms. The zero-order valence-electron chi connectivity index (χ0n) is 36.4. The van der Waals surface area contributed by atoms with Gasteiger partial charge in [-0.25, -0.2) is 0 Å². The summed E-state index contributed by atoms with van der Waals surface area (Å²) in [7, 11) is 0. The lowest BCUT2D eigenvalue weighted by Gasteiger charge is -2.11. The van der Waals surface area contributed by atoms with Crippen molar-refractivity contribution in [2.45, 2.75) is 233 Å². The van der Waals surface area contributed by atoms with Gasteiger partial charge in [-0.05, 0) is 74.9 Å². The van der Waals surface area contributed by atoms with Crippen molar-refractivity contribution in [1.29, 1.82) is 0 Å². The average molecular weight is 767 g/mol. The van der Waals surface area contributed by atoms with Crippen molar-refractivity contribution in [3.05, 3.63) is 47.8 Å². The molecule has 55 heavy (non-hydrogen) atoms. The number of aryl methyl sites for hydroxylation is 4. The number of benzene rings is 2. The molecule has 0 fully saturated rings. The number of unbranched alkanes of at least 4 members (excludes halogenated alkanes) is 24. The molecule has 0 aliphatic carbocycles. The highest BCUT2D eigenvalue weighted by Gasteiger charge is 2.16. The van der Waals surface area contributed by atoms with E-state index in [-0.39, 0.29) is 0 Å². The average Bonchev–Trinajstić information content (AvgIpc) is 3.84. The first kappa shape index (κ1) is 43.9. The van der Waals surface area contributed by atoms with Crippen LogP contribution in [-0.4, -0.2) is 9.13 Å². The third-order valence-corrected chi connectivity index (χ3v) is 13.8. The SMILES string of the molecule is CCCCCCCCCCn1c(CCCCCCCC)cc2cc3c(cc21)sc1cc2c(cc(CCCCCCCC)n2CCCCCCCCCC)cc13. The Morgan fingerprint density at radius 1 is 0.345 bits per heavy atom. The molecule has 0 unspecified atom stereocenters. The number of aromatic nitrogens is 2. The van der Waals surface area contributed by atoms with E-state index in [4.69, 9.17) is 0 Å². The Morgan fingerprint density at radius 2 is 0.655 bits per heavy atom. The molecule has 0 aliphatic rings. The molecule has 0 saturated carbocycles. The fourth-order valence-electron chi connectivity index (χ4n) is 9.33. The number of fused-ring (bicyclic) bond motifs is 5. The molecule has 306 valence electrons. The first-order chi connectivity index (χ1) is 27.2. The normalized spacial score (nSPS) is 12.1. The van der Waals surface area contributed by atoms with Crippen LogP contribution >= 0.6 is 11.3 Å². The Balaban J connectivity index is 1.37. The first-order valence-corrected chi connectivity index (χ1v) is 25.0. The lowest BCUT2D eigenvalue weighted by molar-refractivity contribution is 0.538. The summed E-state index contributed by atoms with van der Waals surface area (Å²) in [4.78, 5) is 0. The molecule has 5 aromatic rings. The van der Waals surface area contributed by atoms with Crippen LogP contribution in [0.15, 0.2) is 36.4 Å². The number of rotatable bonds is 32. The number of hydrogen-bond donors (Lipinski definition) is 0. The van der Waals surface area contributed by atoms with Gasteiger partial charge in [-0.15, -0.1) is 11.3 Å². The third-order valence-electron chi connectivity index (χ3n) is 12.7. The van der Waals surface area contributed by atoms with E-state index >= 15 is 0 Å². The predicted molar refractivity (Wildman–Crippen MR) is 250 cm³/mol. The van der Waals surface area contributed by atoms with Crippen LogP contribution in [-0.2, 0) is 25.9 Å². The minimum absolute atomic E-state index is 1.17. The minimum atomic E-state index is 1.17. The van der Waals surface area contributed by atoms with Gasteiger partial charge in [-0.2, -0.15) is 0 Å². The Bertz CT molecular complexity index is 1650. The molecule has 2 nitrogen and oxygen atoms in total. The summed E-state index contributed by atoms with van der Waals surface area (Å²) >= 11 is 2.04. The van der Waals surface area contributed by atoms with E-state index in [0.29, 0.717) is 0 Å². The van der Waals surface area contributed by atoms with Gasteiger partial charge >= 0.3 is 0 Å². The molecule has 3 aromatic heterocycles. The molecule has 3 heterocycles. The largest absolute Gasteiger partial charge is 0.345 e. The Kier molecular flexibility index (Phi) is 20.1. The summed E-state index contributed by atoms with van der Waals surface area (Å²) in [6.07, 6.45) is 41.0. The first-order valence-electron chi connectivity index (χ1n) is 24.2. The van der Waals surface area contributed by atoms with Crippen molar-refractivity contribution in [2.75, 3.05) is 0 Å². The molecule has 0 amide bonds. The highest BCUT2D eigenvalue weighted by molar-refractivity contribution is 7.26. The topological polar surface area (TPSA) is 9.86 Å². The molecule has 3 heteroatoms. The smallest absolute Gasteiger partial charge is 0.0497 e. The van der Waals surface area contributed by atoms with Gasteiger partial charge in [0, 0.05) is 66.5 Å². The predicted octanol–water partition coefficient (Wildman–Crippen LogP) is 18.1. The fourth-order valence-corrected chi connectivity index (χ4v) is 10.5. The summed E-state index contributed by atoms with van der Waals surface area (Å²) in [5, 5.41) is 5.86. The van der Waals surface area contributed by atoms with E-state index in [0.717, 1.165) is 0 Å². The summed E-state index contributed by atoms with van der Waals surface area (Å²) < 4.78 is 8.42. The molecule has 0 radical (unpaired) electrons. The second kappa shape index (κ2) is 25.2. The maximum absolute atomic E-state index is 2.74. The zero-order chi connectivity index (χ0) is 38.5. The summed E-state index contributed by atoms with van der Waals surface area (Å²) in [5.74, 6) is 0. The van der Waals surface area contributed by atoms with Crippen LogP contribution < -0.4 is 0 Å². The molecule has 5 rings (SSSR count). The van der Waals surface area contributed by atoms with Crippen molar-refractivity contribution < 1.29 is 0 Å². The summed E-state index contributed by atoms with van der Waals surface area (Å²) in [6.45, 7) is 11.6. The van der Waals surface area contributed by atoms with Gasteiger partial charge in [0.15, 0.2) is 0 Å². The third kappa shape index (κ3) is 13.4. The van der Waals surface area contributed by atoms with E-state index in [9.17, 15) is 0 Å². The molecule has 0 aliphatic heterocycles. The molecule has 0 N–H and O–H groups in total. The highest BCUT2D eigenvalue weighted by Crippen LogP contribution is 2.40. The van der Waals surface area contributed by atoms with E-state index < -0.39 is 0 Å². The van der Waals surface area contributed by atoms with Crippen LogP contribution in [0.3, 0.4) is 0 Å². The van der Waals surface area contributed by atoms with E-state index in [2.05, 4.69) is 73.2 Å². The van der Waals surface area contributed by atoms with E-state index in [1.807, 2.05) is 11.3 Å². The maximum Gasteiger partial charge on any atom is 0.0497 e. The van der Waals surface area contributed by atoms with E-state index in [1.165, 1.54) is 248 Å². The van der Waals surface area contributed by atoms with Gasteiger partial charge in [0.25, 0.3) is 0 Å². The second-order valence-corrected chi connectivity index (χ2v) is 18.6. The number of hydrogen-bond acceptors (Lipinski definition) is 1. The Morgan fingerprint density at radius 3 is 1.00 bits per heavy atom. The lowest BCUT2D eigenvalue weighted by Crippen LogP contribution is -2.03. The van der Waals surface area contributed by atoms with Crippen LogP contribution in [0.4, 0.5) is 0 Å². The Labute approximate surface area is 342 Å². The van der Waals surface area contributed by atoms with Gasteiger partial charge in [0.05, 0.1) is 0 Å². The van der Waals surface area contributed by atoms with E-state index in [1.54, 1.807) is 11.4 Å². The minimum Gasteiger partial charge on any atom is -0.345 e. The van der Waals surface area contributed by atoms with Gasteiger partial charge in [-0.3, -0.25) is 0 Å². The zero-order valence-corrected chi connectivity index (χ0v) is 37.2. The van der Waals surface area contributed by atoms with Crippen molar-refractivity contribution in [3.8, 4) is 0 Å². The van der Waals surface area contributed by atoms with Gasteiger partial charge in [-0.1, -0.05) is 182 Å². The van der Waals surface area contributed by atoms with Crippen LogP contribution in [0.2, 0.25) is 0 Å². The van der Waals surface area contributed by atoms with Crippen LogP contribution in [0, 0.1) is 0 Å². The molecular weight excluding hydrogens is 685 g/mol. The second-order valence-electron chi connectivity index (χ2n) is 17.5. The number of thiophene rings is 1. The Hall–Kier alpha value is -2.26. The standard InChI is InChI=1S/C52H82N2S/c1-5-9-13-17-21-23-27-31-35-53-45(33-29-25-19-15-11-7-3)37-43-39-47-48-40-44-38-46(34-30-26-20-16-12-8-4)54(36-32-28-24-22-18-14-10-6-2)50(44)42-52(48)55-51(47)41-49(43)53/h37-42H,5-36H2,1-4H3. The molecule has 0 atom stereocenters. The quantitative estimate of drug-likeness (QED) is 0.0386. The van der Waals surface area contributed by atoms with Crippen molar-refractivity contribution >= 4 is 53.3 Å². The van der Waals surface area contributed by atoms with Crippen LogP contribution in [0.5, 0.6) is 0 Å². The lowest BCUT2D eigenvalue weighted by atomic mass is 10.1. The molecule has 2 aromatic carbocycles. The van der Waals surface area contributed by atoms with Gasteiger partial charge in [0.2, 0.25) is 0 Å². The molecule has 0 bridgehead atoms. The number of nitrogens with zero attached hydrogens (tertiary/aromatic N) is 2. The maximum atomic E-state index is 2.74. The van der Waals surface area contributed by atoms with Crippen molar-refractivity contribution in [1.82, 2.24) is 9.13 Å². The fraction of sp³-hybridized carbons (Fsp3) is 0.692. The molecule has 0 saturated heterocycles. The monoisotopic (exact) mass is 767 g/mol. The summed E-state index contributed by atoms with van der Waals surface area (Å²) in [6, 6.07) is 15.4. The highest BCUT2D eigenvalue weighted by atomic mass is 32.1.